The lowest BCUT2D eigenvalue weighted by atomic mass is 10.2. The van der Waals surface area contributed by atoms with Crippen molar-refractivity contribution in [2.45, 2.75) is 0 Å². The van der Waals surface area contributed by atoms with Crippen LogP contribution >= 0.6 is 0 Å². The molecule has 0 aliphatic rings. The molecule has 11 heavy (non-hydrogen) atoms. The monoisotopic (exact) mass is 155 g/mol. The summed E-state index contributed by atoms with van der Waals surface area (Å²) in [6, 6.07) is 3.41. The summed E-state index contributed by atoms with van der Waals surface area (Å²) in [7, 11) is 0. The second-order valence-electron chi connectivity index (χ2n) is 1.95. The van der Waals surface area contributed by atoms with E-state index in [0.717, 1.165) is 18.3 Å². The van der Waals surface area contributed by atoms with E-state index in [9.17, 15) is 4.39 Å². The Labute approximate surface area is 62.4 Å². The normalized spacial score (nSPS) is 10.6. The summed E-state index contributed by atoms with van der Waals surface area (Å²) in [4.78, 5) is 0. The molecule has 58 valence electrons. The standard InChI is InChI=1S/C7H6FNO2/c8-6-2-1-5(4-9-11)7(10)3-6/h1-4,10-11H/b9-4+. The first-order chi connectivity index (χ1) is 5.24. The summed E-state index contributed by atoms with van der Waals surface area (Å²) in [5.74, 6) is -0.777. The molecule has 0 heterocycles. The van der Waals surface area contributed by atoms with Gasteiger partial charge in [-0.15, -0.1) is 0 Å². The van der Waals surface area contributed by atoms with Crippen LogP contribution in [0.15, 0.2) is 23.4 Å². The van der Waals surface area contributed by atoms with Gasteiger partial charge in [-0.3, -0.25) is 0 Å². The van der Waals surface area contributed by atoms with Crippen molar-refractivity contribution < 1.29 is 14.7 Å². The van der Waals surface area contributed by atoms with Gasteiger partial charge in [0.25, 0.3) is 0 Å². The van der Waals surface area contributed by atoms with Gasteiger partial charge in [-0.1, -0.05) is 5.16 Å². The molecule has 0 aliphatic heterocycles. The van der Waals surface area contributed by atoms with E-state index >= 15 is 0 Å². The number of benzene rings is 1. The van der Waals surface area contributed by atoms with E-state index in [1.54, 1.807) is 0 Å². The van der Waals surface area contributed by atoms with E-state index < -0.39 is 5.82 Å². The molecule has 0 fully saturated rings. The van der Waals surface area contributed by atoms with Gasteiger partial charge in [-0.05, 0) is 12.1 Å². The zero-order valence-electron chi connectivity index (χ0n) is 5.53. The predicted molar refractivity (Wildman–Crippen MR) is 37.4 cm³/mol. The average molecular weight is 155 g/mol. The van der Waals surface area contributed by atoms with Crippen LogP contribution in [0.2, 0.25) is 0 Å². The largest absolute Gasteiger partial charge is 0.507 e. The number of phenolic OH excluding ortho intramolecular Hbond substituents is 1. The Kier molecular flexibility index (Phi) is 2.06. The molecule has 1 aromatic carbocycles. The molecule has 0 unspecified atom stereocenters. The van der Waals surface area contributed by atoms with Crippen LogP contribution in [-0.2, 0) is 0 Å². The maximum Gasteiger partial charge on any atom is 0.127 e. The number of hydrogen-bond acceptors (Lipinski definition) is 3. The third-order valence-corrected chi connectivity index (χ3v) is 1.19. The van der Waals surface area contributed by atoms with Crippen molar-refractivity contribution in [2.24, 2.45) is 5.16 Å². The second-order valence-corrected chi connectivity index (χ2v) is 1.95. The van der Waals surface area contributed by atoms with Crippen molar-refractivity contribution in [3.8, 4) is 5.75 Å². The molecule has 2 N–H and O–H groups in total. The molecule has 0 saturated heterocycles. The molecule has 0 saturated carbocycles. The van der Waals surface area contributed by atoms with Gasteiger partial charge in [-0.2, -0.15) is 0 Å². The van der Waals surface area contributed by atoms with Crippen LogP contribution in [0.25, 0.3) is 0 Å². The van der Waals surface area contributed by atoms with Gasteiger partial charge in [0, 0.05) is 11.6 Å². The minimum Gasteiger partial charge on any atom is -0.507 e. The van der Waals surface area contributed by atoms with E-state index in [2.05, 4.69) is 5.16 Å². The molecule has 3 nitrogen and oxygen atoms in total. The van der Waals surface area contributed by atoms with Gasteiger partial charge in [-0.25, -0.2) is 4.39 Å². The molecule has 0 amide bonds. The molecule has 0 radical (unpaired) electrons. The maximum atomic E-state index is 12.3. The minimum absolute atomic E-state index is 0.247. The summed E-state index contributed by atoms with van der Waals surface area (Å²) < 4.78 is 12.3. The predicted octanol–water partition coefficient (Wildman–Crippen LogP) is 1.34. The molecule has 0 aromatic heterocycles. The van der Waals surface area contributed by atoms with Crippen LogP contribution < -0.4 is 0 Å². The highest BCUT2D eigenvalue weighted by molar-refractivity contribution is 5.82. The Morgan fingerprint density at radius 2 is 2.18 bits per heavy atom. The lowest BCUT2D eigenvalue weighted by Gasteiger charge is -1.95. The summed E-state index contributed by atoms with van der Waals surface area (Å²) in [5, 5.41) is 19.7. The highest BCUT2D eigenvalue weighted by atomic mass is 19.1. The number of halogens is 1. The van der Waals surface area contributed by atoms with Gasteiger partial charge in [0.2, 0.25) is 0 Å². The zero-order valence-corrected chi connectivity index (χ0v) is 5.53. The third kappa shape index (κ3) is 1.67. The summed E-state index contributed by atoms with van der Waals surface area (Å²) in [6.07, 6.45) is 1.02. The smallest absolute Gasteiger partial charge is 0.127 e. The maximum absolute atomic E-state index is 12.3. The van der Waals surface area contributed by atoms with E-state index in [0.29, 0.717) is 0 Å². The number of phenols is 1. The van der Waals surface area contributed by atoms with Gasteiger partial charge in [0.15, 0.2) is 0 Å². The third-order valence-electron chi connectivity index (χ3n) is 1.19. The van der Waals surface area contributed by atoms with Crippen molar-refractivity contribution in [2.75, 3.05) is 0 Å². The van der Waals surface area contributed by atoms with E-state index in [-0.39, 0.29) is 11.3 Å². The molecule has 0 aliphatic carbocycles. The van der Waals surface area contributed by atoms with Gasteiger partial charge in [0.05, 0.1) is 6.21 Å². The SMILES string of the molecule is O/N=C/c1ccc(F)cc1O. The minimum atomic E-state index is -0.530. The molecule has 0 spiro atoms. The molecule has 1 aromatic rings. The van der Waals surface area contributed by atoms with Crippen LogP contribution in [0.1, 0.15) is 5.56 Å². The Morgan fingerprint density at radius 3 is 2.73 bits per heavy atom. The van der Waals surface area contributed by atoms with Crippen molar-refractivity contribution in [3.63, 3.8) is 0 Å². The number of nitrogens with zero attached hydrogens (tertiary/aromatic N) is 1. The number of rotatable bonds is 1. The fourth-order valence-electron chi connectivity index (χ4n) is 0.688. The summed E-state index contributed by atoms with van der Waals surface area (Å²) in [5.41, 5.74) is 0.272. The van der Waals surface area contributed by atoms with Gasteiger partial charge in [0.1, 0.15) is 11.6 Å². The van der Waals surface area contributed by atoms with Crippen LogP contribution in [0.5, 0.6) is 5.75 Å². The van der Waals surface area contributed by atoms with Crippen molar-refractivity contribution in [1.82, 2.24) is 0 Å². The lowest BCUT2D eigenvalue weighted by Crippen LogP contribution is -1.83. The molecular formula is C7H6FNO2. The van der Waals surface area contributed by atoms with Crippen LogP contribution in [-0.4, -0.2) is 16.5 Å². The van der Waals surface area contributed by atoms with Crippen molar-refractivity contribution in [3.05, 3.63) is 29.6 Å². The van der Waals surface area contributed by atoms with Crippen LogP contribution in [0.3, 0.4) is 0 Å². The molecule has 4 heteroatoms. The highest BCUT2D eigenvalue weighted by Crippen LogP contribution is 2.15. The molecule has 1 rings (SSSR count). The molecule has 0 atom stereocenters. The summed E-state index contributed by atoms with van der Waals surface area (Å²) in [6.45, 7) is 0. The average Bonchev–Trinajstić information content (AvgIpc) is 1.95. The fourth-order valence-corrected chi connectivity index (χ4v) is 0.688. The first-order valence-corrected chi connectivity index (χ1v) is 2.90. The van der Waals surface area contributed by atoms with Crippen LogP contribution in [0.4, 0.5) is 4.39 Å². The van der Waals surface area contributed by atoms with E-state index in [1.165, 1.54) is 6.07 Å². The number of aromatic hydroxyl groups is 1. The van der Waals surface area contributed by atoms with Gasteiger partial charge < -0.3 is 10.3 Å². The Balaban J connectivity index is 3.09. The molecule has 0 bridgehead atoms. The first-order valence-electron chi connectivity index (χ1n) is 2.90. The lowest BCUT2D eigenvalue weighted by molar-refractivity contribution is 0.321. The van der Waals surface area contributed by atoms with Crippen molar-refractivity contribution in [1.29, 1.82) is 0 Å². The summed E-state index contributed by atoms with van der Waals surface area (Å²) >= 11 is 0. The quantitative estimate of drug-likeness (QED) is 0.365. The van der Waals surface area contributed by atoms with Crippen LogP contribution in [0, 0.1) is 5.82 Å². The zero-order chi connectivity index (χ0) is 8.27. The molecular weight excluding hydrogens is 149 g/mol. The number of oxime groups is 1. The fraction of sp³-hybridized carbons (Fsp3) is 0. The van der Waals surface area contributed by atoms with E-state index in [4.69, 9.17) is 10.3 Å². The topological polar surface area (TPSA) is 52.8 Å². The van der Waals surface area contributed by atoms with Crippen molar-refractivity contribution >= 4 is 6.21 Å². The first kappa shape index (κ1) is 7.53. The highest BCUT2D eigenvalue weighted by Gasteiger charge is 1.98. The number of hydrogen-bond donors (Lipinski definition) is 2. The Bertz CT molecular complexity index is 286. The van der Waals surface area contributed by atoms with E-state index in [1.807, 2.05) is 0 Å². The Hall–Kier alpha value is -1.58. The Morgan fingerprint density at radius 1 is 1.45 bits per heavy atom. The van der Waals surface area contributed by atoms with Gasteiger partial charge >= 0.3 is 0 Å². The second kappa shape index (κ2) is 3.01.